The van der Waals surface area contributed by atoms with Crippen molar-refractivity contribution in [1.29, 1.82) is 0 Å². The van der Waals surface area contributed by atoms with Crippen LogP contribution in [0.15, 0.2) is 54.9 Å². The normalized spacial score (nSPS) is 11.1. The average Bonchev–Trinajstić information content (AvgIpc) is 3.29. The van der Waals surface area contributed by atoms with Gasteiger partial charge in [0.05, 0.1) is 17.4 Å². The van der Waals surface area contributed by atoms with Gasteiger partial charge in [0.2, 0.25) is 5.78 Å². The lowest BCUT2D eigenvalue weighted by atomic mass is 10.1. The van der Waals surface area contributed by atoms with Gasteiger partial charge in [0.1, 0.15) is 6.54 Å². The Labute approximate surface area is 181 Å². The van der Waals surface area contributed by atoms with Crippen molar-refractivity contribution in [3.63, 3.8) is 0 Å². The molecule has 4 rings (SSSR count). The fraction of sp³-hybridized carbons (Fsp3) is 0.240. The Morgan fingerprint density at radius 3 is 2.52 bits per heavy atom. The van der Waals surface area contributed by atoms with E-state index in [4.69, 9.17) is 4.74 Å². The average molecular weight is 415 g/mol. The van der Waals surface area contributed by atoms with Crippen molar-refractivity contribution in [3.8, 4) is 5.69 Å². The van der Waals surface area contributed by atoms with Gasteiger partial charge in [0, 0.05) is 22.6 Å². The van der Waals surface area contributed by atoms with Crippen LogP contribution >= 0.6 is 0 Å². The standard InChI is InChI=1S/C25H25N3O3/c1-16-9-10-20(11-17(16)2)28-18(3)12-21(19(28)4)24(29)14-31-25(30)13-27-15-26-22-7-5-6-8-23(22)27/h5-12,15H,13-14H2,1-4H3. The van der Waals surface area contributed by atoms with Crippen molar-refractivity contribution in [1.82, 2.24) is 14.1 Å². The molecule has 2 aromatic carbocycles. The van der Waals surface area contributed by atoms with Crippen molar-refractivity contribution in [3.05, 3.63) is 82.9 Å². The van der Waals surface area contributed by atoms with Gasteiger partial charge in [-0.05, 0) is 69.2 Å². The molecule has 0 unspecified atom stereocenters. The molecule has 2 aromatic heterocycles. The number of Topliss-reactive ketones (excluding diaryl/α,β-unsaturated/α-hetero) is 1. The molecule has 158 valence electrons. The smallest absolute Gasteiger partial charge is 0.326 e. The van der Waals surface area contributed by atoms with E-state index in [1.165, 1.54) is 11.1 Å². The lowest BCUT2D eigenvalue weighted by Crippen LogP contribution is -2.18. The molecule has 0 fully saturated rings. The molecule has 0 N–H and O–H groups in total. The minimum atomic E-state index is -0.473. The molecule has 0 spiro atoms. The zero-order valence-corrected chi connectivity index (χ0v) is 18.2. The van der Waals surface area contributed by atoms with Crippen LogP contribution in [-0.4, -0.2) is 32.5 Å². The number of para-hydroxylation sites is 2. The maximum Gasteiger partial charge on any atom is 0.326 e. The summed E-state index contributed by atoms with van der Waals surface area (Å²) in [6.07, 6.45) is 1.60. The van der Waals surface area contributed by atoms with Crippen LogP contribution in [0, 0.1) is 27.7 Å². The van der Waals surface area contributed by atoms with Gasteiger partial charge in [-0.2, -0.15) is 0 Å². The van der Waals surface area contributed by atoms with Crippen molar-refractivity contribution in [2.75, 3.05) is 6.61 Å². The molecule has 0 saturated heterocycles. The first kappa shape index (κ1) is 20.6. The summed E-state index contributed by atoms with van der Waals surface area (Å²) in [4.78, 5) is 29.4. The number of carbonyl (C=O) groups excluding carboxylic acids is 2. The number of aryl methyl sites for hydroxylation is 3. The lowest BCUT2D eigenvalue weighted by Gasteiger charge is -2.12. The van der Waals surface area contributed by atoms with Crippen molar-refractivity contribution < 1.29 is 14.3 Å². The Morgan fingerprint density at radius 1 is 0.968 bits per heavy atom. The number of imidazole rings is 1. The Balaban J connectivity index is 1.46. The Morgan fingerprint density at radius 2 is 1.74 bits per heavy atom. The predicted molar refractivity (Wildman–Crippen MR) is 120 cm³/mol. The summed E-state index contributed by atoms with van der Waals surface area (Å²) in [5.74, 6) is -0.688. The van der Waals surface area contributed by atoms with Gasteiger partial charge in [0.15, 0.2) is 6.61 Å². The molecule has 4 aromatic rings. The molecule has 0 radical (unpaired) electrons. The van der Waals surface area contributed by atoms with Crippen LogP contribution in [-0.2, 0) is 16.1 Å². The number of hydrogen-bond donors (Lipinski definition) is 0. The van der Waals surface area contributed by atoms with Crippen molar-refractivity contribution >= 4 is 22.8 Å². The number of hydrogen-bond acceptors (Lipinski definition) is 4. The van der Waals surface area contributed by atoms with Gasteiger partial charge in [-0.25, -0.2) is 4.98 Å². The molecule has 0 aliphatic carbocycles. The Hall–Kier alpha value is -3.67. The van der Waals surface area contributed by atoms with Crippen LogP contribution < -0.4 is 0 Å². The van der Waals surface area contributed by atoms with E-state index in [0.29, 0.717) is 5.56 Å². The summed E-state index contributed by atoms with van der Waals surface area (Å²) in [5, 5.41) is 0. The number of ketones is 1. The number of nitrogens with zero attached hydrogens (tertiary/aromatic N) is 3. The number of aromatic nitrogens is 3. The monoisotopic (exact) mass is 415 g/mol. The highest BCUT2D eigenvalue weighted by atomic mass is 16.5. The fourth-order valence-corrected chi connectivity index (χ4v) is 3.85. The number of fused-ring (bicyclic) bond motifs is 1. The quantitative estimate of drug-likeness (QED) is 0.344. The molecule has 6 nitrogen and oxygen atoms in total. The zero-order chi connectivity index (χ0) is 22.1. The molecule has 6 heteroatoms. The second kappa shape index (κ2) is 8.22. The van der Waals surface area contributed by atoms with Gasteiger partial charge in [-0.15, -0.1) is 0 Å². The number of benzene rings is 2. The van der Waals surface area contributed by atoms with Crippen LogP contribution in [0.2, 0.25) is 0 Å². The molecule has 0 atom stereocenters. The van der Waals surface area contributed by atoms with Crippen LogP contribution in [0.5, 0.6) is 0 Å². The first-order chi connectivity index (χ1) is 14.8. The topological polar surface area (TPSA) is 66.1 Å². The highest BCUT2D eigenvalue weighted by Gasteiger charge is 2.19. The molecule has 0 saturated carbocycles. The fourth-order valence-electron chi connectivity index (χ4n) is 3.85. The summed E-state index contributed by atoms with van der Waals surface area (Å²) in [6, 6.07) is 15.6. The number of ether oxygens (including phenoxy) is 1. The van der Waals surface area contributed by atoms with E-state index in [9.17, 15) is 9.59 Å². The van der Waals surface area contributed by atoms with E-state index in [1.54, 1.807) is 10.9 Å². The molecule has 0 amide bonds. The highest BCUT2D eigenvalue weighted by molar-refractivity contribution is 5.99. The summed E-state index contributed by atoms with van der Waals surface area (Å²) in [5.41, 5.74) is 7.45. The molecule has 2 heterocycles. The van der Waals surface area contributed by atoms with E-state index in [0.717, 1.165) is 28.1 Å². The molecular formula is C25H25N3O3. The number of esters is 1. The predicted octanol–water partition coefficient (Wildman–Crippen LogP) is 4.49. The maximum atomic E-state index is 12.8. The van der Waals surface area contributed by atoms with Crippen LogP contribution in [0.1, 0.15) is 32.9 Å². The maximum absolute atomic E-state index is 12.8. The summed E-state index contributed by atoms with van der Waals surface area (Å²) in [6.45, 7) is 7.74. The molecule has 31 heavy (non-hydrogen) atoms. The second-order valence-electron chi connectivity index (χ2n) is 7.83. The van der Waals surface area contributed by atoms with E-state index in [1.807, 2.05) is 50.2 Å². The Bertz CT molecular complexity index is 1300. The van der Waals surface area contributed by atoms with E-state index in [-0.39, 0.29) is 18.9 Å². The van der Waals surface area contributed by atoms with Crippen molar-refractivity contribution in [2.24, 2.45) is 0 Å². The largest absolute Gasteiger partial charge is 0.456 e. The summed E-state index contributed by atoms with van der Waals surface area (Å²) < 4.78 is 9.05. The summed E-state index contributed by atoms with van der Waals surface area (Å²) in [7, 11) is 0. The van der Waals surface area contributed by atoms with Gasteiger partial charge in [-0.3, -0.25) is 9.59 Å². The van der Waals surface area contributed by atoms with Gasteiger partial charge in [0.25, 0.3) is 0 Å². The lowest BCUT2D eigenvalue weighted by molar-refractivity contribution is -0.143. The first-order valence-corrected chi connectivity index (χ1v) is 10.2. The van der Waals surface area contributed by atoms with E-state index >= 15 is 0 Å². The molecule has 0 bridgehead atoms. The molecule has 0 aliphatic heterocycles. The third-order valence-corrected chi connectivity index (χ3v) is 5.67. The highest BCUT2D eigenvalue weighted by Crippen LogP contribution is 2.23. The van der Waals surface area contributed by atoms with Crippen LogP contribution in [0.3, 0.4) is 0 Å². The first-order valence-electron chi connectivity index (χ1n) is 10.2. The van der Waals surface area contributed by atoms with Gasteiger partial charge < -0.3 is 13.9 Å². The molecular weight excluding hydrogens is 390 g/mol. The minimum absolute atomic E-state index is 0.00938. The summed E-state index contributed by atoms with van der Waals surface area (Å²) >= 11 is 0. The SMILES string of the molecule is Cc1ccc(-n2c(C)cc(C(=O)COC(=O)Cn3cnc4ccccc43)c2C)cc1C. The zero-order valence-electron chi connectivity index (χ0n) is 18.2. The van der Waals surface area contributed by atoms with E-state index < -0.39 is 5.97 Å². The number of rotatable bonds is 6. The number of carbonyl (C=O) groups is 2. The van der Waals surface area contributed by atoms with Crippen molar-refractivity contribution in [2.45, 2.75) is 34.2 Å². The second-order valence-corrected chi connectivity index (χ2v) is 7.83. The molecule has 0 aliphatic rings. The Kier molecular flexibility index (Phi) is 5.46. The van der Waals surface area contributed by atoms with Gasteiger partial charge in [-0.1, -0.05) is 18.2 Å². The van der Waals surface area contributed by atoms with Crippen LogP contribution in [0.4, 0.5) is 0 Å². The minimum Gasteiger partial charge on any atom is -0.456 e. The van der Waals surface area contributed by atoms with Gasteiger partial charge >= 0.3 is 5.97 Å². The van der Waals surface area contributed by atoms with E-state index in [2.05, 4.69) is 35.5 Å². The third-order valence-electron chi connectivity index (χ3n) is 5.67. The van der Waals surface area contributed by atoms with Crippen LogP contribution in [0.25, 0.3) is 16.7 Å². The third kappa shape index (κ3) is 4.01.